The number of amides is 1. The van der Waals surface area contributed by atoms with Gasteiger partial charge in [0.1, 0.15) is 0 Å². The molecule has 3 N–H and O–H groups in total. The van der Waals surface area contributed by atoms with E-state index in [1.165, 1.54) is 25.7 Å². The average Bonchev–Trinajstić information content (AvgIpc) is 2.82. The average molecular weight is 270 g/mol. The van der Waals surface area contributed by atoms with Crippen LogP contribution in [0.1, 0.15) is 52.4 Å². The van der Waals surface area contributed by atoms with Crippen molar-refractivity contribution in [3.8, 4) is 0 Å². The number of nitrogens with one attached hydrogen (secondary N) is 1. The van der Waals surface area contributed by atoms with Gasteiger partial charge in [-0.05, 0) is 37.0 Å². The lowest BCUT2D eigenvalue weighted by Crippen LogP contribution is -2.45. The SMILES string of the molecule is COCCC1(CNC(=O)[C@@H](N)CC(C)C)CCCC1. The minimum Gasteiger partial charge on any atom is -0.385 e. The Bertz CT molecular complexity index is 273. The van der Waals surface area contributed by atoms with Crippen LogP contribution in [-0.2, 0) is 9.53 Å². The van der Waals surface area contributed by atoms with Gasteiger partial charge >= 0.3 is 0 Å². The smallest absolute Gasteiger partial charge is 0.236 e. The molecule has 0 radical (unpaired) electrons. The molecule has 1 atom stereocenters. The first-order chi connectivity index (χ1) is 8.99. The Morgan fingerprint density at radius 2 is 2.00 bits per heavy atom. The van der Waals surface area contributed by atoms with Crippen LogP contribution in [0.15, 0.2) is 0 Å². The van der Waals surface area contributed by atoms with Gasteiger partial charge in [-0.3, -0.25) is 4.79 Å². The molecular formula is C15H30N2O2. The zero-order valence-electron chi connectivity index (χ0n) is 12.7. The molecule has 1 amide bonds. The Balaban J connectivity index is 2.41. The van der Waals surface area contributed by atoms with Crippen molar-refractivity contribution in [2.24, 2.45) is 17.1 Å². The van der Waals surface area contributed by atoms with E-state index < -0.39 is 0 Å². The van der Waals surface area contributed by atoms with Gasteiger partial charge < -0.3 is 15.8 Å². The van der Waals surface area contributed by atoms with Crippen molar-refractivity contribution in [1.82, 2.24) is 5.32 Å². The molecule has 0 aromatic heterocycles. The van der Waals surface area contributed by atoms with Crippen LogP contribution < -0.4 is 11.1 Å². The summed E-state index contributed by atoms with van der Waals surface area (Å²) in [5.74, 6) is 0.451. The number of hydrogen-bond acceptors (Lipinski definition) is 3. The van der Waals surface area contributed by atoms with Crippen LogP contribution in [0.5, 0.6) is 0 Å². The normalized spacial score (nSPS) is 19.6. The van der Waals surface area contributed by atoms with Crippen molar-refractivity contribution in [2.75, 3.05) is 20.3 Å². The first-order valence-corrected chi connectivity index (χ1v) is 7.51. The summed E-state index contributed by atoms with van der Waals surface area (Å²) in [6.45, 7) is 5.70. The molecule has 1 aliphatic carbocycles. The van der Waals surface area contributed by atoms with Crippen LogP contribution >= 0.6 is 0 Å². The topological polar surface area (TPSA) is 64.3 Å². The highest BCUT2D eigenvalue weighted by atomic mass is 16.5. The fourth-order valence-corrected chi connectivity index (χ4v) is 2.98. The van der Waals surface area contributed by atoms with Gasteiger partial charge in [0.25, 0.3) is 0 Å². The molecule has 1 rings (SSSR count). The first-order valence-electron chi connectivity index (χ1n) is 7.51. The lowest BCUT2D eigenvalue weighted by atomic mass is 9.83. The largest absolute Gasteiger partial charge is 0.385 e. The minimum atomic E-state index is -0.374. The standard InChI is InChI=1S/C15H30N2O2/c1-12(2)10-13(16)14(18)17-11-15(8-9-19-3)6-4-5-7-15/h12-13H,4-11,16H2,1-3H3,(H,17,18)/t13-/m0/s1. The van der Waals surface area contributed by atoms with E-state index in [9.17, 15) is 4.79 Å². The minimum absolute atomic E-state index is 0.00241. The maximum Gasteiger partial charge on any atom is 0.236 e. The number of rotatable bonds is 8. The Morgan fingerprint density at radius 1 is 1.37 bits per heavy atom. The molecule has 0 unspecified atom stereocenters. The van der Waals surface area contributed by atoms with E-state index in [-0.39, 0.29) is 17.4 Å². The molecule has 19 heavy (non-hydrogen) atoms. The fraction of sp³-hybridized carbons (Fsp3) is 0.933. The highest BCUT2D eigenvalue weighted by Crippen LogP contribution is 2.40. The number of carbonyl (C=O) groups is 1. The summed E-state index contributed by atoms with van der Waals surface area (Å²) in [5, 5.41) is 3.06. The number of nitrogens with two attached hydrogens (primary N) is 1. The van der Waals surface area contributed by atoms with Crippen molar-refractivity contribution in [2.45, 2.75) is 58.4 Å². The third-order valence-corrected chi connectivity index (χ3v) is 4.20. The number of ether oxygens (including phenoxy) is 1. The van der Waals surface area contributed by atoms with E-state index in [0.717, 1.165) is 26.0 Å². The van der Waals surface area contributed by atoms with Gasteiger partial charge in [-0.25, -0.2) is 0 Å². The molecule has 4 heteroatoms. The molecule has 1 aliphatic rings. The predicted octanol–water partition coefficient (Wildman–Crippen LogP) is 2.07. The van der Waals surface area contributed by atoms with Gasteiger partial charge in [-0.2, -0.15) is 0 Å². The molecule has 4 nitrogen and oxygen atoms in total. The van der Waals surface area contributed by atoms with Crippen molar-refractivity contribution in [3.05, 3.63) is 0 Å². The molecule has 0 saturated heterocycles. The van der Waals surface area contributed by atoms with E-state index in [1.807, 2.05) is 0 Å². The second-order valence-corrected chi connectivity index (χ2v) is 6.40. The maximum atomic E-state index is 12.0. The summed E-state index contributed by atoms with van der Waals surface area (Å²) in [4.78, 5) is 12.0. The number of methoxy groups -OCH3 is 1. The molecule has 1 fully saturated rings. The lowest BCUT2D eigenvalue weighted by Gasteiger charge is -2.29. The summed E-state index contributed by atoms with van der Waals surface area (Å²) in [6.07, 6.45) is 6.68. The summed E-state index contributed by atoms with van der Waals surface area (Å²) < 4.78 is 5.20. The van der Waals surface area contributed by atoms with Crippen LogP contribution in [0.4, 0.5) is 0 Å². The molecule has 0 aliphatic heterocycles. The van der Waals surface area contributed by atoms with E-state index in [4.69, 9.17) is 10.5 Å². The molecule has 0 bridgehead atoms. The van der Waals surface area contributed by atoms with E-state index in [2.05, 4.69) is 19.2 Å². The van der Waals surface area contributed by atoms with Crippen LogP contribution in [0.2, 0.25) is 0 Å². The monoisotopic (exact) mass is 270 g/mol. The van der Waals surface area contributed by atoms with E-state index in [1.54, 1.807) is 7.11 Å². The molecule has 0 spiro atoms. The van der Waals surface area contributed by atoms with Gasteiger partial charge in [0.2, 0.25) is 5.91 Å². The molecular weight excluding hydrogens is 240 g/mol. The Labute approximate surface area is 117 Å². The molecule has 0 aromatic rings. The van der Waals surface area contributed by atoms with E-state index in [0.29, 0.717) is 5.92 Å². The summed E-state index contributed by atoms with van der Waals surface area (Å²) in [6, 6.07) is -0.374. The fourth-order valence-electron chi connectivity index (χ4n) is 2.98. The molecule has 0 heterocycles. The highest BCUT2D eigenvalue weighted by Gasteiger charge is 2.34. The van der Waals surface area contributed by atoms with Crippen LogP contribution in [-0.4, -0.2) is 32.2 Å². The lowest BCUT2D eigenvalue weighted by molar-refractivity contribution is -0.123. The molecule has 0 aromatic carbocycles. The summed E-state index contributed by atoms with van der Waals surface area (Å²) in [5.41, 5.74) is 6.15. The molecule has 1 saturated carbocycles. The second-order valence-electron chi connectivity index (χ2n) is 6.40. The summed E-state index contributed by atoms with van der Waals surface area (Å²) in [7, 11) is 1.74. The Morgan fingerprint density at radius 3 is 2.53 bits per heavy atom. The summed E-state index contributed by atoms with van der Waals surface area (Å²) >= 11 is 0. The zero-order valence-corrected chi connectivity index (χ0v) is 12.7. The highest BCUT2D eigenvalue weighted by molar-refractivity contribution is 5.81. The van der Waals surface area contributed by atoms with Crippen molar-refractivity contribution >= 4 is 5.91 Å². The zero-order chi connectivity index (χ0) is 14.3. The van der Waals surface area contributed by atoms with Gasteiger partial charge in [0.15, 0.2) is 0 Å². The van der Waals surface area contributed by atoms with Crippen LogP contribution in [0.3, 0.4) is 0 Å². The predicted molar refractivity (Wildman–Crippen MR) is 77.8 cm³/mol. The van der Waals surface area contributed by atoms with Crippen LogP contribution in [0, 0.1) is 11.3 Å². The quantitative estimate of drug-likeness (QED) is 0.709. The van der Waals surface area contributed by atoms with Gasteiger partial charge in [0, 0.05) is 20.3 Å². The Hall–Kier alpha value is -0.610. The maximum absolute atomic E-state index is 12.0. The van der Waals surface area contributed by atoms with Gasteiger partial charge in [-0.1, -0.05) is 26.7 Å². The van der Waals surface area contributed by atoms with Crippen molar-refractivity contribution < 1.29 is 9.53 Å². The van der Waals surface area contributed by atoms with Crippen LogP contribution in [0.25, 0.3) is 0 Å². The third-order valence-electron chi connectivity index (χ3n) is 4.20. The van der Waals surface area contributed by atoms with Gasteiger partial charge in [-0.15, -0.1) is 0 Å². The molecule has 112 valence electrons. The second kappa shape index (κ2) is 7.85. The number of carbonyl (C=O) groups excluding carboxylic acids is 1. The van der Waals surface area contributed by atoms with E-state index >= 15 is 0 Å². The first kappa shape index (κ1) is 16.4. The third kappa shape index (κ3) is 5.49. The van der Waals surface area contributed by atoms with Crippen molar-refractivity contribution in [1.29, 1.82) is 0 Å². The van der Waals surface area contributed by atoms with Gasteiger partial charge in [0.05, 0.1) is 6.04 Å². The van der Waals surface area contributed by atoms with Crippen molar-refractivity contribution in [3.63, 3.8) is 0 Å². The number of hydrogen-bond donors (Lipinski definition) is 2. The Kier molecular flexibility index (Phi) is 6.80.